The summed E-state index contributed by atoms with van der Waals surface area (Å²) >= 11 is 47.3. The molecular weight excluding hydrogens is 1800 g/mol. The lowest BCUT2D eigenvalue weighted by atomic mass is 10.1. The first-order valence-electron chi connectivity index (χ1n) is 19.7. The fraction of sp³-hybridized carbons (Fsp3) is 0.833. The van der Waals surface area contributed by atoms with Crippen molar-refractivity contribution in [2.75, 3.05) is 33.0 Å². The number of carbonyl (C=O) groups is 6. The van der Waals surface area contributed by atoms with Gasteiger partial charge in [-0.1, -0.05) is 207 Å². The first-order valence-corrected chi connectivity index (χ1v) is 32.5. The van der Waals surface area contributed by atoms with Gasteiger partial charge in [0.05, 0.1) is 56.7 Å². The van der Waals surface area contributed by atoms with Crippen LogP contribution < -0.4 is 17.2 Å². The van der Waals surface area contributed by atoms with Crippen LogP contribution in [-0.4, -0.2) is 166 Å². The largest absolute Gasteiger partial charge is 0.465 e. The summed E-state index contributed by atoms with van der Waals surface area (Å²) in [6.07, 6.45) is 4.57. The van der Waals surface area contributed by atoms with E-state index in [1.807, 2.05) is 0 Å². The Bertz CT molecular complexity index is 1510. The van der Waals surface area contributed by atoms with Gasteiger partial charge in [-0.2, -0.15) is 0 Å². The topological polar surface area (TPSA) is 256 Å². The minimum atomic E-state index is -0.845. The molecule has 6 fully saturated rings. The van der Waals surface area contributed by atoms with Gasteiger partial charge in [0.15, 0.2) is 5.01 Å². The lowest BCUT2D eigenvalue weighted by Gasteiger charge is -2.20. The molecule has 6 aliphatic heterocycles. The quantitative estimate of drug-likeness (QED) is 0.102. The molecule has 0 bridgehead atoms. The van der Waals surface area contributed by atoms with Crippen LogP contribution in [0.3, 0.4) is 0 Å². The minimum absolute atomic E-state index is 0.00748. The van der Waals surface area contributed by atoms with Crippen LogP contribution in [0.2, 0.25) is 0 Å². The van der Waals surface area contributed by atoms with E-state index in [1.165, 1.54) is 0 Å². The maximum atomic E-state index is 11.4. The minimum Gasteiger partial charge on any atom is -0.465 e. The van der Waals surface area contributed by atoms with E-state index in [-0.39, 0.29) is 98.8 Å². The van der Waals surface area contributed by atoms with Crippen LogP contribution in [0.1, 0.15) is 44.9 Å². The van der Waals surface area contributed by atoms with E-state index in [0.717, 1.165) is 25.7 Å². The number of aliphatic hydroxyl groups excluding tert-OH is 1. The Morgan fingerprint density at radius 3 is 1.52 bits per heavy atom. The molecule has 6 heterocycles. The summed E-state index contributed by atoms with van der Waals surface area (Å²) in [6.45, 7) is 2.25. The van der Waals surface area contributed by atoms with Gasteiger partial charge in [-0.3, -0.25) is 28.8 Å². The Kier molecular flexibility index (Phi) is 36.4. The molecule has 18 unspecified atom stereocenters. The van der Waals surface area contributed by atoms with Crippen LogP contribution in [0.25, 0.3) is 0 Å². The molecule has 0 saturated carbocycles. The molecule has 66 heavy (non-hydrogen) atoms. The SMILES string of the molecule is NC1C(=O)OCCCC1O.NC1CCOC(=O)C(N)C1.O=C1OC(Br)C(Br)C(Br)C(Br)C1Br.O=C1OCC(Br)C(Br)C(Br)C1Br.O=C1OCCC(Br)C(Br)C1Br.O=C1OCCCC(Br)C1Br. The van der Waals surface area contributed by atoms with Gasteiger partial charge in [0.2, 0.25) is 0 Å². The van der Waals surface area contributed by atoms with E-state index in [9.17, 15) is 28.8 Å². The third-order valence-electron chi connectivity index (χ3n) is 9.20. The van der Waals surface area contributed by atoms with E-state index in [1.54, 1.807) is 0 Å². The summed E-state index contributed by atoms with van der Waals surface area (Å²) in [7, 11) is 0. The number of aliphatic hydroxyl groups is 1. The Morgan fingerprint density at radius 2 is 0.894 bits per heavy atom. The van der Waals surface area contributed by atoms with Crippen molar-refractivity contribution in [3.8, 4) is 0 Å². The van der Waals surface area contributed by atoms with Gasteiger partial charge in [0.1, 0.15) is 38.0 Å². The van der Waals surface area contributed by atoms with Crippen molar-refractivity contribution in [1.82, 2.24) is 0 Å². The summed E-state index contributed by atoms with van der Waals surface area (Å²) in [5, 5.41) is 8.79. The number of carbonyl (C=O) groups excluding carboxylic acids is 6. The standard InChI is InChI=1S/C6H5Br5O2.C6H6Br4O2.C6H7Br3O2.C6H8Br2O2.C6H12N2O2.C6H11NO3/c7-1-2(8)4(10)6(12)13-5(11)3(1)9;7-2-1-12-6(11)5(10)4(9)3(2)8;7-3-1-2-11-6(10)5(9)4(3)8;7-4-2-1-3-10-6(9)5(4)8;7-4-1-2-10-6(9)5(8)3-4;7-5-4(8)2-1-3-10-6(5)9/h1-5H;2-5H,1H2;3-5H,1-2H2;4-5H,1-3H2;4-5H,1-3,7-8H2;4-5,8H,1-3,7H2. The predicted molar refractivity (Wildman–Crippen MR) is 301 cm³/mol. The second-order valence-corrected chi connectivity index (χ2v) is 29.2. The monoisotopic (exact) mass is 1840 g/mol. The third-order valence-corrected chi connectivity index (χ3v) is 30.5. The van der Waals surface area contributed by atoms with Crippen molar-refractivity contribution in [2.24, 2.45) is 17.2 Å². The van der Waals surface area contributed by atoms with Crippen LogP contribution in [0.15, 0.2) is 0 Å². The first kappa shape index (κ1) is 67.4. The highest BCUT2D eigenvalue weighted by atomic mass is 79.9. The lowest BCUT2D eigenvalue weighted by molar-refractivity contribution is -0.146. The van der Waals surface area contributed by atoms with Crippen molar-refractivity contribution < 1.29 is 62.3 Å². The molecule has 6 saturated heterocycles. The summed E-state index contributed by atoms with van der Waals surface area (Å²) in [5.41, 5.74) is 16.3. The van der Waals surface area contributed by atoms with Gasteiger partial charge in [-0.15, -0.1) is 0 Å². The number of rotatable bonds is 0. The van der Waals surface area contributed by atoms with Crippen molar-refractivity contribution in [3.05, 3.63) is 0 Å². The Balaban J connectivity index is 0.000000397. The zero-order chi connectivity index (χ0) is 50.6. The van der Waals surface area contributed by atoms with Crippen LogP contribution >= 0.6 is 223 Å². The Labute approximate surface area is 501 Å². The van der Waals surface area contributed by atoms with E-state index >= 15 is 0 Å². The fourth-order valence-electron chi connectivity index (χ4n) is 5.18. The smallest absolute Gasteiger partial charge is 0.325 e. The molecule has 384 valence electrons. The van der Waals surface area contributed by atoms with Crippen molar-refractivity contribution in [1.29, 1.82) is 0 Å². The first-order chi connectivity index (χ1) is 30.7. The highest BCUT2D eigenvalue weighted by molar-refractivity contribution is 9.16. The number of alkyl halides is 14. The molecule has 18 atom stereocenters. The molecule has 0 spiro atoms. The molecule has 6 aliphatic rings. The molecule has 7 N–H and O–H groups in total. The highest BCUT2D eigenvalue weighted by Gasteiger charge is 2.42. The molecule has 0 aromatic rings. The zero-order valence-corrected chi connectivity index (χ0v) is 56.5. The van der Waals surface area contributed by atoms with Crippen LogP contribution in [0, 0.1) is 0 Å². The molecule has 16 nitrogen and oxygen atoms in total. The number of halogens is 14. The normalized spacial score (nSPS) is 39.5. The average molecular weight is 1850 g/mol. The lowest BCUT2D eigenvalue weighted by Crippen LogP contribution is -2.41. The van der Waals surface area contributed by atoms with Crippen molar-refractivity contribution in [3.63, 3.8) is 0 Å². The summed E-state index contributed by atoms with van der Waals surface area (Å²) in [6, 6.07) is -1.35. The predicted octanol–water partition coefficient (Wildman–Crippen LogP) is 7.98. The highest BCUT2D eigenvalue weighted by Crippen LogP contribution is 2.37. The van der Waals surface area contributed by atoms with Gasteiger partial charge in [-0.05, 0) is 60.9 Å². The Hall–Kier alpha value is 3.38. The fourth-order valence-corrected chi connectivity index (χ4v) is 14.5. The number of hydrogen-bond acceptors (Lipinski definition) is 16. The molecule has 0 radical (unpaired) electrons. The van der Waals surface area contributed by atoms with Gasteiger partial charge in [0.25, 0.3) is 0 Å². The maximum Gasteiger partial charge on any atom is 0.325 e. The number of nitrogens with two attached hydrogens (primary N) is 3. The summed E-state index contributed by atoms with van der Waals surface area (Å²) < 4.78 is 29.3. The molecule has 6 rings (SSSR count). The second-order valence-electron chi connectivity index (χ2n) is 14.5. The van der Waals surface area contributed by atoms with Gasteiger partial charge in [-0.25, -0.2) is 0 Å². The van der Waals surface area contributed by atoms with Crippen molar-refractivity contribution >= 4 is 259 Å². The number of ether oxygens (including phenoxy) is 6. The van der Waals surface area contributed by atoms with E-state index < -0.39 is 24.2 Å². The molecule has 0 aromatic carbocycles. The maximum absolute atomic E-state index is 11.4. The summed E-state index contributed by atoms with van der Waals surface area (Å²) in [5.74, 6) is -1.65. The number of esters is 6. The van der Waals surface area contributed by atoms with Gasteiger partial charge < -0.3 is 50.7 Å². The molecule has 0 amide bonds. The molecule has 0 aliphatic carbocycles. The number of cyclic esters (lactones) is 6. The van der Waals surface area contributed by atoms with E-state index in [4.69, 9.17) is 46.0 Å². The molecular formula is C36H49Br14N3O13. The van der Waals surface area contributed by atoms with Gasteiger partial charge >= 0.3 is 35.8 Å². The van der Waals surface area contributed by atoms with Crippen molar-refractivity contribution in [2.45, 2.75) is 137 Å². The average Bonchev–Trinajstić information content (AvgIpc) is 3.70. The van der Waals surface area contributed by atoms with Gasteiger partial charge in [0, 0.05) is 25.4 Å². The Morgan fingerprint density at radius 1 is 0.424 bits per heavy atom. The number of hydrogen-bond donors (Lipinski definition) is 4. The van der Waals surface area contributed by atoms with E-state index in [2.05, 4.69) is 228 Å². The van der Waals surface area contributed by atoms with Crippen LogP contribution in [0.4, 0.5) is 0 Å². The van der Waals surface area contributed by atoms with Crippen LogP contribution in [0.5, 0.6) is 0 Å². The zero-order valence-electron chi connectivity index (χ0n) is 34.2. The van der Waals surface area contributed by atoms with Crippen LogP contribution in [-0.2, 0) is 57.2 Å². The third kappa shape index (κ3) is 24.4. The second kappa shape index (κ2) is 35.6. The van der Waals surface area contributed by atoms with E-state index in [0.29, 0.717) is 57.1 Å². The molecule has 30 heteroatoms. The molecule has 0 aromatic heterocycles. The summed E-state index contributed by atoms with van der Waals surface area (Å²) in [4.78, 5) is 66.1.